The highest BCUT2D eigenvalue weighted by Crippen LogP contribution is 2.34. The number of nitrogens with zero attached hydrogens (tertiary/aromatic N) is 6. The van der Waals surface area contributed by atoms with Gasteiger partial charge in [-0.2, -0.15) is 0 Å². The fraction of sp³-hybridized carbons (Fsp3) is 0.579. The zero-order chi connectivity index (χ0) is 17.7. The van der Waals surface area contributed by atoms with Crippen LogP contribution in [0.25, 0.3) is 0 Å². The van der Waals surface area contributed by atoms with Gasteiger partial charge in [-0.15, -0.1) is 0 Å². The molecule has 0 spiro atoms. The van der Waals surface area contributed by atoms with Gasteiger partial charge in [0, 0.05) is 68.7 Å². The Morgan fingerprint density at radius 2 is 1.77 bits per heavy atom. The quantitative estimate of drug-likeness (QED) is 0.827. The first-order valence-electron chi connectivity index (χ1n) is 9.51. The number of aryl methyl sites for hydroxylation is 1. The normalized spacial score (nSPS) is 25.0. The molecule has 2 unspecified atom stereocenters. The maximum Gasteiger partial charge on any atom is 0.293 e. The van der Waals surface area contributed by atoms with Crippen molar-refractivity contribution >= 4 is 11.6 Å². The van der Waals surface area contributed by atoms with Crippen LogP contribution in [0, 0.1) is 24.7 Å². The highest BCUT2D eigenvalue weighted by Gasteiger charge is 2.41. The molecule has 0 bridgehead atoms. The molecule has 3 fully saturated rings. The Kier molecular flexibility index (Phi) is 3.69. The topological polar surface area (TPSA) is 67.2 Å². The lowest BCUT2D eigenvalue weighted by Gasteiger charge is -2.23. The van der Waals surface area contributed by atoms with E-state index in [-0.39, 0.29) is 5.56 Å². The van der Waals surface area contributed by atoms with Gasteiger partial charge in [0.1, 0.15) is 12.1 Å². The van der Waals surface area contributed by atoms with Crippen molar-refractivity contribution in [3.8, 4) is 0 Å². The van der Waals surface area contributed by atoms with Gasteiger partial charge in [0.05, 0.1) is 0 Å². The summed E-state index contributed by atoms with van der Waals surface area (Å²) in [6.45, 7) is 6.62. The van der Waals surface area contributed by atoms with Crippen molar-refractivity contribution in [3.05, 3.63) is 40.8 Å². The predicted octanol–water partition coefficient (Wildman–Crippen LogP) is 1.32. The average molecular weight is 352 g/mol. The van der Waals surface area contributed by atoms with Gasteiger partial charge in [0.2, 0.25) is 0 Å². The van der Waals surface area contributed by atoms with Gasteiger partial charge in [-0.3, -0.25) is 4.79 Å². The maximum absolute atomic E-state index is 12.8. The molecular weight excluding hydrogens is 328 g/mol. The number of anilines is 2. The average Bonchev–Trinajstić information content (AvgIpc) is 3.21. The van der Waals surface area contributed by atoms with Crippen LogP contribution in [0.5, 0.6) is 0 Å². The van der Waals surface area contributed by atoms with E-state index < -0.39 is 0 Å². The van der Waals surface area contributed by atoms with Crippen molar-refractivity contribution in [2.24, 2.45) is 17.8 Å². The summed E-state index contributed by atoms with van der Waals surface area (Å²) in [5, 5.41) is 0. The zero-order valence-corrected chi connectivity index (χ0v) is 15.1. The number of hydrogen-bond donors (Lipinski definition) is 0. The van der Waals surface area contributed by atoms with Gasteiger partial charge >= 0.3 is 0 Å². The standard InChI is InChI=1S/C19H24N6O/c1-13-6-17(22-12-21-13)24-8-15-10-25(11-16(15)9-24)18-19(26)23(5-4-20-18)7-14-2-3-14/h4-6,12,14-16H,2-3,7-11H2,1H3. The molecule has 2 atom stereocenters. The van der Waals surface area contributed by atoms with Crippen LogP contribution in [0.3, 0.4) is 0 Å². The molecule has 2 aliphatic heterocycles. The minimum atomic E-state index is 0.0719. The van der Waals surface area contributed by atoms with Crippen LogP contribution < -0.4 is 15.4 Å². The molecule has 2 saturated heterocycles. The molecule has 0 radical (unpaired) electrons. The van der Waals surface area contributed by atoms with Gasteiger partial charge < -0.3 is 14.4 Å². The summed E-state index contributed by atoms with van der Waals surface area (Å²) in [4.78, 5) is 30.4. The fourth-order valence-corrected chi connectivity index (χ4v) is 4.34. The molecule has 136 valence electrons. The first kappa shape index (κ1) is 15.8. The SMILES string of the molecule is Cc1cc(N2CC3CN(c4nccn(CC5CC5)c4=O)CC3C2)ncn1. The van der Waals surface area contributed by atoms with E-state index in [2.05, 4.69) is 24.8 Å². The van der Waals surface area contributed by atoms with E-state index in [9.17, 15) is 4.79 Å². The summed E-state index contributed by atoms with van der Waals surface area (Å²) in [5.74, 6) is 3.45. The smallest absolute Gasteiger partial charge is 0.293 e. The van der Waals surface area contributed by atoms with E-state index in [0.717, 1.165) is 44.2 Å². The first-order valence-corrected chi connectivity index (χ1v) is 9.51. The van der Waals surface area contributed by atoms with E-state index >= 15 is 0 Å². The molecule has 2 aromatic rings. The Labute approximate surface area is 152 Å². The molecule has 26 heavy (non-hydrogen) atoms. The Morgan fingerprint density at radius 3 is 2.46 bits per heavy atom. The van der Waals surface area contributed by atoms with Gasteiger partial charge in [-0.1, -0.05) is 0 Å². The van der Waals surface area contributed by atoms with Gasteiger partial charge in [-0.05, 0) is 25.7 Å². The highest BCUT2D eigenvalue weighted by molar-refractivity contribution is 5.44. The molecule has 1 aliphatic carbocycles. The first-order chi connectivity index (χ1) is 12.7. The summed E-state index contributed by atoms with van der Waals surface area (Å²) in [5.41, 5.74) is 1.07. The Balaban J connectivity index is 1.30. The lowest BCUT2D eigenvalue weighted by Crippen LogP contribution is -2.35. The van der Waals surface area contributed by atoms with Crippen molar-refractivity contribution in [2.45, 2.75) is 26.3 Å². The molecular formula is C19H24N6O. The molecule has 3 aliphatic rings. The van der Waals surface area contributed by atoms with Crippen LogP contribution in [0.4, 0.5) is 11.6 Å². The van der Waals surface area contributed by atoms with Crippen LogP contribution in [0.1, 0.15) is 18.5 Å². The molecule has 4 heterocycles. The summed E-state index contributed by atoms with van der Waals surface area (Å²) in [7, 11) is 0. The Morgan fingerprint density at radius 1 is 1.04 bits per heavy atom. The summed E-state index contributed by atoms with van der Waals surface area (Å²) < 4.78 is 1.85. The third-order valence-electron chi connectivity index (χ3n) is 5.95. The lowest BCUT2D eigenvalue weighted by molar-refractivity contribution is 0.533. The van der Waals surface area contributed by atoms with Crippen LogP contribution in [-0.4, -0.2) is 45.7 Å². The second-order valence-electron chi connectivity index (χ2n) is 8.00. The zero-order valence-electron chi connectivity index (χ0n) is 15.1. The van der Waals surface area contributed by atoms with Crippen molar-refractivity contribution in [1.82, 2.24) is 19.5 Å². The number of rotatable bonds is 4. The highest BCUT2D eigenvalue weighted by atomic mass is 16.1. The molecule has 2 aromatic heterocycles. The minimum absolute atomic E-state index is 0.0719. The molecule has 0 aromatic carbocycles. The van der Waals surface area contributed by atoms with Gasteiger partial charge in [-0.25, -0.2) is 15.0 Å². The lowest BCUT2D eigenvalue weighted by atomic mass is 10.0. The van der Waals surface area contributed by atoms with Gasteiger partial charge in [0.15, 0.2) is 5.82 Å². The molecule has 0 amide bonds. The number of hydrogen-bond acceptors (Lipinski definition) is 6. The molecule has 5 rings (SSSR count). The fourth-order valence-electron chi connectivity index (χ4n) is 4.34. The monoisotopic (exact) mass is 352 g/mol. The van der Waals surface area contributed by atoms with E-state index in [0.29, 0.717) is 23.6 Å². The number of fused-ring (bicyclic) bond motifs is 1. The van der Waals surface area contributed by atoms with E-state index in [1.165, 1.54) is 12.8 Å². The predicted molar refractivity (Wildman–Crippen MR) is 99.4 cm³/mol. The second-order valence-corrected chi connectivity index (χ2v) is 8.00. The number of aromatic nitrogens is 4. The van der Waals surface area contributed by atoms with Crippen molar-refractivity contribution in [1.29, 1.82) is 0 Å². The molecule has 7 nitrogen and oxygen atoms in total. The largest absolute Gasteiger partial charge is 0.356 e. The van der Waals surface area contributed by atoms with Crippen molar-refractivity contribution in [2.75, 3.05) is 36.0 Å². The van der Waals surface area contributed by atoms with E-state index in [1.54, 1.807) is 12.5 Å². The minimum Gasteiger partial charge on any atom is -0.356 e. The van der Waals surface area contributed by atoms with E-state index in [4.69, 9.17) is 0 Å². The molecule has 7 heteroatoms. The third kappa shape index (κ3) is 2.85. The van der Waals surface area contributed by atoms with Crippen molar-refractivity contribution in [3.63, 3.8) is 0 Å². The van der Waals surface area contributed by atoms with Crippen LogP contribution >= 0.6 is 0 Å². The van der Waals surface area contributed by atoms with Crippen LogP contribution in [0.15, 0.2) is 29.6 Å². The van der Waals surface area contributed by atoms with Crippen LogP contribution in [-0.2, 0) is 6.54 Å². The maximum atomic E-state index is 12.8. The Hall–Kier alpha value is -2.44. The summed E-state index contributed by atoms with van der Waals surface area (Å²) >= 11 is 0. The van der Waals surface area contributed by atoms with E-state index in [1.807, 2.05) is 23.8 Å². The Bertz CT molecular complexity index is 862. The molecule has 0 N–H and O–H groups in total. The summed E-state index contributed by atoms with van der Waals surface area (Å²) in [6, 6.07) is 2.05. The molecule has 1 saturated carbocycles. The van der Waals surface area contributed by atoms with Gasteiger partial charge in [0.25, 0.3) is 5.56 Å². The summed E-state index contributed by atoms with van der Waals surface area (Å²) in [6.07, 6.45) is 7.75. The second kappa shape index (κ2) is 6.07. The van der Waals surface area contributed by atoms with Crippen molar-refractivity contribution < 1.29 is 0 Å². The third-order valence-corrected chi connectivity index (χ3v) is 5.95. The van der Waals surface area contributed by atoms with Crippen LogP contribution in [0.2, 0.25) is 0 Å².